The molecule has 3 N–H and O–H groups in total. The topological polar surface area (TPSA) is 110 Å². The number of likely N-dealkylation sites (tertiary alicyclic amines) is 1. The van der Waals surface area contributed by atoms with Gasteiger partial charge in [-0.15, -0.1) is 0 Å². The van der Waals surface area contributed by atoms with E-state index in [-0.39, 0.29) is 23.4 Å². The predicted molar refractivity (Wildman–Crippen MR) is 125 cm³/mol. The zero-order valence-electron chi connectivity index (χ0n) is 18.8. The van der Waals surface area contributed by atoms with E-state index in [0.717, 1.165) is 11.3 Å². The number of halogens is 1. The van der Waals surface area contributed by atoms with E-state index < -0.39 is 11.7 Å². The van der Waals surface area contributed by atoms with Crippen LogP contribution in [0, 0.1) is 5.82 Å². The first-order valence-corrected chi connectivity index (χ1v) is 11.0. The Hall–Kier alpha value is -4.01. The molecule has 0 spiro atoms. The highest BCUT2D eigenvalue weighted by molar-refractivity contribution is 5.95. The molecule has 4 rings (SSSR count). The van der Waals surface area contributed by atoms with Crippen LogP contribution in [0.5, 0.6) is 0 Å². The quantitative estimate of drug-likeness (QED) is 0.596. The number of aromatic nitrogens is 2. The third kappa shape index (κ3) is 5.14. The van der Waals surface area contributed by atoms with E-state index in [1.807, 2.05) is 30.3 Å². The van der Waals surface area contributed by atoms with Gasteiger partial charge in [0.25, 0.3) is 5.91 Å². The summed E-state index contributed by atoms with van der Waals surface area (Å²) >= 11 is 0. The van der Waals surface area contributed by atoms with Crippen LogP contribution in [0.4, 0.5) is 15.0 Å². The van der Waals surface area contributed by atoms with Crippen LogP contribution in [-0.4, -0.2) is 47.1 Å². The van der Waals surface area contributed by atoms with Gasteiger partial charge in [0.2, 0.25) is 0 Å². The molecule has 0 aliphatic carbocycles. The largest absolute Gasteiger partial charge is 0.453 e. The Labute approximate surface area is 197 Å². The van der Waals surface area contributed by atoms with Crippen molar-refractivity contribution in [2.75, 3.05) is 25.9 Å². The number of benzene rings is 2. The molecule has 3 aromatic rings. The van der Waals surface area contributed by atoms with Crippen molar-refractivity contribution in [2.45, 2.75) is 25.3 Å². The van der Waals surface area contributed by atoms with Gasteiger partial charge in [0.15, 0.2) is 0 Å². The lowest BCUT2D eigenvalue weighted by atomic mass is 9.93. The molecular formula is C25H26FN5O3. The van der Waals surface area contributed by atoms with Gasteiger partial charge in [0, 0.05) is 31.1 Å². The molecule has 1 aliphatic rings. The summed E-state index contributed by atoms with van der Waals surface area (Å²) < 4.78 is 19.6. The average molecular weight is 464 g/mol. The number of hydrogen-bond donors (Lipinski definition) is 2. The van der Waals surface area contributed by atoms with Crippen molar-refractivity contribution in [3.05, 3.63) is 77.4 Å². The van der Waals surface area contributed by atoms with E-state index in [0.29, 0.717) is 43.7 Å². The van der Waals surface area contributed by atoms with Gasteiger partial charge in [-0.1, -0.05) is 36.4 Å². The lowest BCUT2D eigenvalue weighted by Gasteiger charge is -2.30. The first-order valence-electron chi connectivity index (χ1n) is 11.0. The van der Waals surface area contributed by atoms with Gasteiger partial charge >= 0.3 is 6.09 Å². The van der Waals surface area contributed by atoms with E-state index in [9.17, 15) is 14.0 Å². The molecule has 9 heteroatoms. The van der Waals surface area contributed by atoms with Crippen molar-refractivity contribution in [1.29, 1.82) is 0 Å². The molecule has 8 nitrogen and oxygen atoms in total. The fraction of sp³-hybridized carbons (Fsp3) is 0.280. The Bertz CT molecular complexity index is 1180. The minimum atomic E-state index is -0.666. The lowest BCUT2D eigenvalue weighted by Crippen LogP contribution is -2.37. The Balaban J connectivity index is 1.48. The minimum Gasteiger partial charge on any atom is -0.453 e. The number of hydrogen-bond acceptors (Lipinski definition) is 6. The molecule has 1 aromatic heterocycles. The van der Waals surface area contributed by atoms with Crippen molar-refractivity contribution < 1.29 is 18.7 Å². The first-order chi connectivity index (χ1) is 16.5. The molecule has 1 saturated heterocycles. The number of piperidine rings is 1. The molecule has 2 aromatic carbocycles. The van der Waals surface area contributed by atoms with Crippen LogP contribution in [0.2, 0.25) is 0 Å². The zero-order chi connectivity index (χ0) is 24.1. The van der Waals surface area contributed by atoms with Gasteiger partial charge in [0.1, 0.15) is 17.3 Å². The second-order valence-electron chi connectivity index (χ2n) is 8.12. The summed E-state index contributed by atoms with van der Waals surface area (Å²) in [6.07, 6.45) is 2.70. The molecule has 0 radical (unpaired) electrons. The number of rotatable bonds is 5. The van der Waals surface area contributed by atoms with Gasteiger partial charge < -0.3 is 20.7 Å². The summed E-state index contributed by atoms with van der Waals surface area (Å²) in [6.45, 7) is 1.41. The Morgan fingerprint density at radius 3 is 2.59 bits per heavy atom. The lowest BCUT2D eigenvalue weighted by molar-refractivity contribution is 0.0946. The van der Waals surface area contributed by atoms with Gasteiger partial charge in [-0.25, -0.2) is 19.2 Å². The summed E-state index contributed by atoms with van der Waals surface area (Å²) in [5.74, 6) is -0.892. The maximum atomic E-state index is 14.9. The Morgan fingerprint density at radius 1 is 1.18 bits per heavy atom. The number of nitrogens with two attached hydrogens (primary N) is 1. The minimum absolute atomic E-state index is 0.0578. The van der Waals surface area contributed by atoms with Crippen molar-refractivity contribution in [3.8, 4) is 11.3 Å². The summed E-state index contributed by atoms with van der Waals surface area (Å²) in [5, 5.41) is 2.73. The molecule has 2 heterocycles. The highest BCUT2D eigenvalue weighted by atomic mass is 19.1. The van der Waals surface area contributed by atoms with Gasteiger partial charge in [-0.05, 0) is 30.5 Å². The number of carbonyl (C=O) groups excluding carboxylic acids is 2. The van der Waals surface area contributed by atoms with Gasteiger partial charge in [-0.2, -0.15) is 0 Å². The molecule has 34 heavy (non-hydrogen) atoms. The summed E-state index contributed by atoms with van der Waals surface area (Å²) in [7, 11) is 1.36. The maximum absolute atomic E-state index is 14.9. The highest BCUT2D eigenvalue weighted by Crippen LogP contribution is 2.30. The molecule has 0 bridgehead atoms. The molecular weight excluding hydrogens is 437 g/mol. The average Bonchev–Trinajstić information content (AvgIpc) is 2.87. The monoisotopic (exact) mass is 463 g/mol. The Morgan fingerprint density at radius 2 is 1.91 bits per heavy atom. The van der Waals surface area contributed by atoms with Gasteiger partial charge in [-0.3, -0.25) is 4.79 Å². The molecule has 0 unspecified atom stereocenters. The molecule has 1 fully saturated rings. The van der Waals surface area contributed by atoms with Crippen LogP contribution in [0.25, 0.3) is 11.3 Å². The van der Waals surface area contributed by atoms with E-state index in [4.69, 9.17) is 10.5 Å². The number of nitrogens with zero attached hydrogens (tertiary/aromatic N) is 3. The zero-order valence-corrected chi connectivity index (χ0v) is 18.8. The summed E-state index contributed by atoms with van der Waals surface area (Å²) in [6, 6.07) is 13.7. The maximum Gasteiger partial charge on any atom is 0.409 e. The summed E-state index contributed by atoms with van der Waals surface area (Å²) in [4.78, 5) is 34.7. The number of ether oxygens (including phenoxy) is 1. The van der Waals surface area contributed by atoms with Crippen LogP contribution in [0.1, 0.15) is 40.4 Å². The van der Waals surface area contributed by atoms with E-state index in [2.05, 4.69) is 15.3 Å². The SMILES string of the molecule is COC(=O)N1CCC(c2cnc(N)c(-c3ccc(C(=O)NCc4ccccc4)c(F)c3)n2)CC1. The fourth-order valence-corrected chi connectivity index (χ4v) is 4.03. The number of amides is 2. The number of nitrogen functional groups attached to an aromatic ring is 1. The Kier molecular flexibility index (Phi) is 7.01. The first kappa shape index (κ1) is 23.2. The standard InChI is InChI=1S/C25H26FN5O3/c1-34-25(33)31-11-9-17(10-12-31)21-15-28-23(27)22(30-21)18-7-8-19(20(26)13-18)24(32)29-14-16-5-3-2-4-6-16/h2-8,13,15,17H,9-12,14H2,1H3,(H2,27,28)(H,29,32). The molecule has 2 amide bonds. The molecule has 176 valence electrons. The van der Waals surface area contributed by atoms with Crippen molar-refractivity contribution in [2.24, 2.45) is 0 Å². The van der Waals surface area contributed by atoms with Crippen molar-refractivity contribution in [1.82, 2.24) is 20.2 Å². The number of methoxy groups -OCH3 is 1. The normalized spacial score (nSPS) is 14.0. The van der Waals surface area contributed by atoms with Gasteiger partial charge in [0.05, 0.1) is 24.6 Å². The fourth-order valence-electron chi connectivity index (χ4n) is 4.03. The van der Waals surface area contributed by atoms with E-state index in [1.54, 1.807) is 17.2 Å². The second-order valence-corrected chi connectivity index (χ2v) is 8.12. The van der Waals surface area contributed by atoms with Crippen LogP contribution in [0.3, 0.4) is 0 Å². The summed E-state index contributed by atoms with van der Waals surface area (Å²) in [5.41, 5.74) is 8.45. The second kappa shape index (κ2) is 10.3. The van der Waals surface area contributed by atoms with Crippen molar-refractivity contribution >= 4 is 17.8 Å². The predicted octanol–water partition coefficient (Wildman–Crippen LogP) is 3.74. The third-order valence-electron chi connectivity index (χ3n) is 5.95. The molecule has 1 aliphatic heterocycles. The smallest absolute Gasteiger partial charge is 0.409 e. The number of anilines is 1. The van der Waals surface area contributed by atoms with E-state index >= 15 is 0 Å². The van der Waals surface area contributed by atoms with E-state index in [1.165, 1.54) is 19.2 Å². The number of carbonyl (C=O) groups is 2. The van der Waals surface area contributed by atoms with Crippen LogP contribution < -0.4 is 11.1 Å². The molecule has 0 atom stereocenters. The van der Waals surface area contributed by atoms with Crippen LogP contribution in [0.15, 0.2) is 54.7 Å². The van der Waals surface area contributed by atoms with Crippen LogP contribution >= 0.6 is 0 Å². The number of nitrogens with one attached hydrogen (secondary N) is 1. The molecule has 0 saturated carbocycles. The highest BCUT2D eigenvalue weighted by Gasteiger charge is 2.26. The third-order valence-corrected chi connectivity index (χ3v) is 5.95. The van der Waals surface area contributed by atoms with Crippen LogP contribution in [-0.2, 0) is 11.3 Å². The van der Waals surface area contributed by atoms with Crippen molar-refractivity contribution in [3.63, 3.8) is 0 Å².